The van der Waals surface area contributed by atoms with Crippen LogP contribution < -0.4 is 14.3 Å². The lowest BCUT2D eigenvalue weighted by molar-refractivity contribution is 0.0172. The first-order valence-electron chi connectivity index (χ1n) is 7.70. The Labute approximate surface area is 138 Å². The molecule has 2 rings (SSSR count). The van der Waals surface area contributed by atoms with Gasteiger partial charge in [0.05, 0.1) is 13.2 Å². The lowest BCUT2D eigenvalue weighted by Gasteiger charge is -2.35. The maximum Gasteiger partial charge on any atom is 0.276 e. The van der Waals surface area contributed by atoms with E-state index in [4.69, 9.17) is 4.74 Å². The van der Waals surface area contributed by atoms with E-state index in [1.54, 1.807) is 0 Å². The Bertz CT molecular complexity index is 583. The summed E-state index contributed by atoms with van der Waals surface area (Å²) < 4.78 is 33.7. The molecule has 0 saturated carbocycles. The Morgan fingerprint density at radius 3 is 2.35 bits per heavy atom. The van der Waals surface area contributed by atoms with E-state index in [0.29, 0.717) is 19.8 Å². The Morgan fingerprint density at radius 2 is 1.83 bits per heavy atom. The molecule has 0 spiro atoms. The molecule has 1 unspecified atom stereocenters. The molecule has 1 heterocycles. The zero-order valence-electron chi connectivity index (χ0n) is 13.9. The van der Waals surface area contributed by atoms with E-state index in [1.807, 2.05) is 19.0 Å². The van der Waals surface area contributed by atoms with Crippen LogP contribution in [0, 0.1) is 0 Å². The third kappa shape index (κ3) is 5.15. The van der Waals surface area contributed by atoms with Gasteiger partial charge in [-0.25, -0.2) is 9.44 Å². The standard InChI is InChI=1S/C15H26N4O3S/c1-16-23(20,21)17-12-15(19-8-10-22-11-9-19)13-4-6-14(7-5-13)18(2)3/h4-7,15-17H,8-12H2,1-3H3. The lowest BCUT2D eigenvalue weighted by atomic mass is 10.0. The molecule has 1 aromatic carbocycles. The van der Waals surface area contributed by atoms with Crippen molar-refractivity contribution in [3.05, 3.63) is 29.8 Å². The van der Waals surface area contributed by atoms with Crippen molar-refractivity contribution in [2.75, 3.05) is 58.9 Å². The Hall–Kier alpha value is -1.19. The molecule has 23 heavy (non-hydrogen) atoms. The van der Waals surface area contributed by atoms with Gasteiger partial charge in [0.1, 0.15) is 0 Å². The summed E-state index contributed by atoms with van der Waals surface area (Å²) in [4.78, 5) is 4.30. The van der Waals surface area contributed by atoms with Crippen LogP contribution in [0.5, 0.6) is 0 Å². The average molecular weight is 342 g/mol. The van der Waals surface area contributed by atoms with Gasteiger partial charge in [0.15, 0.2) is 0 Å². The van der Waals surface area contributed by atoms with Gasteiger partial charge < -0.3 is 9.64 Å². The number of nitrogens with zero attached hydrogens (tertiary/aromatic N) is 2. The highest BCUT2D eigenvalue weighted by Gasteiger charge is 2.24. The summed E-state index contributed by atoms with van der Waals surface area (Å²) >= 11 is 0. The van der Waals surface area contributed by atoms with Crippen molar-refractivity contribution in [3.63, 3.8) is 0 Å². The van der Waals surface area contributed by atoms with Crippen LogP contribution in [-0.4, -0.2) is 67.3 Å². The molecule has 0 bridgehead atoms. The number of nitrogens with one attached hydrogen (secondary N) is 2. The smallest absolute Gasteiger partial charge is 0.276 e. The van der Waals surface area contributed by atoms with Crippen molar-refractivity contribution in [2.24, 2.45) is 0 Å². The number of hydrogen-bond donors (Lipinski definition) is 2. The third-order valence-corrected chi connectivity index (χ3v) is 5.10. The molecular formula is C15H26N4O3S. The molecule has 1 fully saturated rings. The summed E-state index contributed by atoms with van der Waals surface area (Å²) in [5.74, 6) is 0. The van der Waals surface area contributed by atoms with Crippen LogP contribution in [0.2, 0.25) is 0 Å². The minimum Gasteiger partial charge on any atom is -0.379 e. The van der Waals surface area contributed by atoms with Gasteiger partial charge in [-0.1, -0.05) is 12.1 Å². The molecule has 1 aliphatic rings. The van der Waals surface area contributed by atoms with E-state index < -0.39 is 10.2 Å². The molecule has 130 valence electrons. The molecule has 7 nitrogen and oxygen atoms in total. The summed E-state index contributed by atoms with van der Waals surface area (Å²) in [7, 11) is 1.94. The predicted molar refractivity (Wildman–Crippen MR) is 91.9 cm³/mol. The Balaban J connectivity index is 2.17. The Kier molecular flexibility index (Phi) is 6.37. The fourth-order valence-corrected chi connectivity index (χ4v) is 3.12. The van der Waals surface area contributed by atoms with Crippen LogP contribution in [0.1, 0.15) is 11.6 Å². The molecule has 1 aromatic rings. The molecular weight excluding hydrogens is 316 g/mol. The summed E-state index contributed by atoms with van der Waals surface area (Å²) in [5, 5.41) is 0. The van der Waals surface area contributed by atoms with E-state index in [1.165, 1.54) is 7.05 Å². The van der Waals surface area contributed by atoms with Crippen molar-refractivity contribution in [1.82, 2.24) is 14.3 Å². The van der Waals surface area contributed by atoms with Gasteiger partial charge in [0, 0.05) is 52.5 Å². The van der Waals surface area contributed by atoms with Crippen molar-refractivity contribution >= 4 is 15.9 Å². The number of rotatable bonds is 7. The van der Waals surface area contributed by atoms with Gasteiger partial charge in [0.25, 0.3) is 10.2 Å². The van der Waals surface area contributed by atoms with Crippen LogP contribution >= 0.6 is 0 Å². The molecule has 1 aliphatic heterocycles. The molecule has 0 aliphatic carbocycles. The van der Waals surface area contributed by atoms with Crippen LogP contribution in [0.25, 0.3) is 0 Å². The molecule has 0 amide bonds. The number of hydrogen-bond acceptors (Lipinski definition) is 5. The van der Waals surface area contributed by atoms with E-state index in [-0.39, 0.29) is 6.04 Å². The molecule has 1 atom stereocenters. The maximum absolute atomic E-state index is 11.7. The number of morpholine rings is 1. The van der Waals surface area contributed by atoms with Gasteiger partial charge >= 0.3 is 0 Å². The van der Waals surface area contributed by atoms with E-state index in [9.17, 15) is 8.42 Å². The summed E-state index contributed by atoms with van der Waals surface area (Å²) in [6.07, 6.45) is 0. The first-order valence-corrected chi connectivity index (χ1v) is 9.18. The molecule has 0 radical (unpaired) electrons. The second kappa shape index (κ2) is 8.07. The van der Waals surface area contributed by atoms with Crippen molar-refractivity contribution in [1.29, 1.82) is 0 Å². The lowest BCUT2D eigenvalue weighted by Crippen LogP contribution is -2.45. The summed E-state index contributed by atoms with van der Waals surface area (Å²) in [5.41, 5.74) is 2.21. The number of ether oxygens (including phenoxy) is 1. The van der Waals surface area contributed by atoms with Crippen LogP contribution in [0.3, 0.4) is 0 Å². The van der Waals surface area contributed by atoms with Crippen molar-refractivity contribution in [2.45, 2.75) is 6.04 Å². The first-order chi connectivity index (χ1) is 10.9. The van der Waals surface area contributed by atoms with E-state index in [2.05, 4.69) is 38.6 Å². The highest BCUT2D eigenvalue weighted by Crippen LogP contribution is 2.23. The SMILES string of the molecule is CNS(=O)(=O)NCC(c1ccc(N(C)C)cc1)N1CCOCC1. The Morgan fingerprint density at radius 1 is 1.22 bits per heavy atom. The molecule has 0 aromatic heterocycles. The van der Waals surface area contributed by atoms with Crippen molar-refractivity contribution < 1.29 is 13.2 Å². The van der Waals surface area contributed by atoms with Gasteiger partial charge in [-0.05, 0) is 17.7 Å². The highest BCUT2D eigenvalue weighted by molar-refractivity contribution is 7.87. The van der Waals surface area contributed by atoms with Crippen LogP contribution in [0.15, 0.2) is 24.3 Å². The van der Waals surface area contributed by atoms with E-state index >= 15 is 0 Å². The number of anilines is 1. The molecule has 2 N–H and O–H groups in total. The fourth-order valence-electron chi connectivity index (χ4n) is 2.60. The summed E-state index contributed by atoms with van der Waals surface area (Å²) in [6.45, 7) is 3.25. The molecule has 8 heteroatoms. The van der Waals surface area contributed by atoms with E-state index in [0.717, 1.165) is 24.3 Å². The minimum absolute atomic E-state index is 0.0155. The summed E-state index contributed by atoms with van der Waals surface area (Å²) in [6, 6.07) is 8.20. The normalized spacial score (nSPS) is 17.9. The largest absolute Gasteiger partial charge is 0.379 e. The van der Waals surface area contributed by atoms with Gasteiger partial charge in [-0.15, -0.1) is 0 Å². The van der Waals surface area contributed by atoms with Gasteiger partial charge in [-0.2, -0.15) is 8.42 Å². The minimum atomic E-state index is -3.45. The van der Waals surface area contributed by atoms with Crippen LogP contribution in [0.4, 0.5) is 5.69 Å². The fraction of sp³-hybridized carbons (Fsp3) is 0.600. The van der Waals surface area contributed by atoms with Crippen LogP contribution in [-0.2, 0) is 14.9 Å². The van der Waals surface area contributed by atoms with Gasteiger partial charge in [-0.3, -0.25) is 4.90 Å². The third-order valence-electron chi connectivity index (χ3n) is 4.02. The van der Waals surface area contributed by atoms with Crippen molar-refractivity contribution in [3.8, 4) is 0 Å². The second-order valence-electron chi connectivity index (χ2n) is 5.71. The quantitative estimate of drug-likeness (QED) is 0.739. The van der Waals surface area contributed by atoms with Gasteiger partial charge in [0.2, 0.25) is 0 Å². The average Bonchev–Trinajstić information content (AvgIpc) is 2.56. The zero-order valence-corrected chi connectivity index (χ0v) is 14.8. The monoisotopic (exact) mass is 342 g/mol. The maximum atomic E-state index is 11.7. The number of benzene rings is 1. The highest BCUT2D eigenvalue weighted by atomic mass is 32.2. The second-order valence-corrected chi connectivity index (χ2v) is 7.41. The molecule has 1 saturated heterocycles. The topological polar surface area (TPSA) is 73.9 Å². The first kappa shape index (κ1) is 18.2. The predicted octanol–water partition coefficient (Wildman–Crippen LogP) is 0.180. The zero-order chi connectivity index (χ0) is 16.9.